The van der Waals surface area contributed by atoms with Crippen molar-refractivity contribution in [1.29, 1.82) is 0 Å². The summed E-state index contributed by atoms with van der Waals surface area (Å²) in [5, 5.41) is 10.9. The molecule has 0 aliphatic heterocycles. The van der Waals surface area contributed by atoms with Gasteiger partial charge in [-0.15, -0.1) is 0 Å². The van der Waals surface area contributed by atoms with E-state index in [1.54, 1.807) is 6.92 Å². The minimum absolute atomic E-state index is 0.0711. The molecule has 0 aliphatic rings. The van der Waals surface area contributed by atoms with Crippen LogP contribution in [0.15, 0.2) is 23.1 Å². The maximum Gasteiger partial charge on any atom is 0.272 e. The average Bonchev–Trinajstić information content (AvgIpc) is 2.36. The Balaban J connectivity index is 3.24. The Bertz CT molecular complexity index is 629. The quantitative estimate of drug-likeness (QED) is 0.568. The molecule has 0 saturated heterocycles. The Labute approximate surface area is 132 Å². The van der Waals surface area contributed by atoms with E-state index in [9.17, 15) is 18.5 Å². The second-order valence-corrected chi connectivity index (χ2v) is 8.25. The van der Waals surface area contributed by atoms with Crippen LogP contribution in [0.5, 0.6) is 0 Å². The molecule has 0 bridgehead atoms. The van der Waals surface area contributed by atoms with Gasteiger partial charge in [0.05, 0.1) is 9.82 Å². The zero-order chi connectivity index (χ0) is 17.1. The molecule has 0 aromatic heterocycles. The van der Waals surface area contributed by atoms with Crippen molar-refractivity contribution in [2.75, 3.05) is 13.1 Å². The van der Waals surface area contributed by atoms with Gasteiger partial charge < -0.3 is 0 Å². The smallest absolute Gasteiger partial charge is 0.258 e. The Morgan fingerprint density at radius 1 is 1.14 bits per heavy atom. The number of nitrogens with zero attached hydrogens (tertiary/aromatic N) is 2. The standard InChI is InChI=1S/C15H24N2O4S/c1-11(2)9-16(10-12(3)4)22(20,21)14-6-7-15(17(18)19)13(5)8-14/h6-8,11-12H,9-10H2,1-5H3. The molecular weight excluding hydrogens is 304 g/mol. The highest BCUT2D eigenvalue weighted by Gasteiger charge is 2.27. The van der Waals surface area contributed by atoms with Crippen molar-refractivity contribution in [3.05, 3.63) is 33.9 Å². The van der Waals surface area contributed by atoms with Crippen molar-refractivity contribution in [2.45, 2.75) is 39.5 Å². The second-order valence-electron chi connectivity index (χ2n) is 6.32. The summed E-state index contributed by atoms with van der Waals surface area (Å²) in [5.74, 6) is 0.403. The van der Waals surface area contributed by atoms with Gasteiger partial charge in [-0.05, 0) is 30.9 Å². The summed E-state index contributed by atoms with van der Waals surface area (Å²) in [6, 6.07) is 3.94. The molecule has 0 fully saturated rings. The van der Waals surface area contributed by atoms with Crippen molar-refractivity contribution in [3.63, 3.8) is 0 Å². The average molecular weight is 328 g/mol. The monoisotopic (exact) mass is 328 g/mol. The largest absolute Gasteiger partial charge is 0.272 e. The molecule has 0 radical (unpaired) electrons. The molecule has 1 aromatic rings. The SMILES string of the molecule is Cc1cc(S(=O)(=O)N(CC(C)C)CC(C)C)ccc1[N+](=O)[O-]. The molecule has 1 aromatic carbocycles. The second kappa shape index (κ2) is 7.19. The first-order valence-electron chi connectivity index (χ1n) is 7.31. The molecule has 0 spiro atoms. The Kier molecular flexibility index (Phi) is 6.08. The number of nitro benzene ring substituents is 1. The Hall–Kier alpha value is -1.47. The molecule has 0 atom stereocenters. The van der Waals surface area contributed by atoms with E-state index >= 15 is 0 Å². The van der Waals surface area contributed by atoms with Gasteiger partial charge in [0.15, 0.2) is 0 Å². The van der Waals surface area contributed by atoms with E-state index in [2.05, 4.69) is 0 Å². The highest BCUT2D eigenvalue weighted by molar-refractivity contribution is 7.89. The van der Waals surface area contributed by atoms with Crippen LogP contribution in [-0.2, 0) is 10.0 Å². The zero-order valence-corrected chi connectivity index (χ0v) is 14.6. The summed E-state index contributed by atoms with van der Waals surface area (Å²) >= 11 is 0. The summed E-state index contributed by atoms with van der Waals surface area (Å²) in [6.45, 7) is 10.3. The third-order valence-corrected chi connectivity index (χ3v) is 4.97. The molecule has 0 saturated carbocycles. The van der Waals surface area contributed by atoms with E-state index < -0.39 is 14.9 Å². The van der Waals surface area contributed by atoms with Crippen LogP contribution in [0.25, 0.3) is 0 Å². The van der Waals surface area contributed by atoms with Gasteiger partial charge in [0.1, 0.15) is 0 Å². The van der Waals surface area contributed by atoms with Crippen molar-refractivity contribution >= 4 is 15.7 Å². The predicted molar refractivity (Wildman–Crippen MR) is 86.3 cm³/mol. The fourth-order valence-corrected chi connectivity index (χ4v) is 4.08. The third-order valence-electron chi connectivity index (χ3n) is 3.14. The lowest BCUT2D eigenvalue weighted by Gasteiger charge is -2.25. The number of hydrogen-bond acceptors (Lipinski definition) is 4. The van der Waals surface area contributed by atoms with E-state index in [0.29, 0.717) is 18.7 Å². The number of aryl methyl sites for hydroxylation is 1. The van der Waals surface area contributed by atoms with Crippen LogP contribution in [0, 0.1) is 28.9 Å². The lowest BCUT2D eigenvalue weighted by atomic mass is 10.2. The number of benzene rings is 1. The van der Waals surface area contributed by atoms with E-state index in [0.717, 1.165) is 0 Å². The highest BCUT2D eigenvalue weighted by atomic mass is 32.2. The molecular formula is C15H24N2O4S. The first kappa shape index (κ1) is 18.6. The number of hydrogen-bond donors (Lipinski definition) is 0. The summed E-state index contributed by atoms with van der Waals surface area (Å²) in [6.07, 6.45) is 0. The summed E-state index contributed by atoms with van der Waals surface area (Å²) in [4.78, 5) is 10.5. The number of rotatable bonds is 7. The van der Waals surface area contributed by atoms with Crippen molar-refractivity contribution in [3.8, 4) is 0 Å². The van der Waals surface area contributed by atoms with Crippen LogP contribution in [0.1, 0.15) is 33.3 Å². The maximum atomic E-state index is 12.8. The van der Waals surface area contributed by atoms with Crippen molar-refractivity contribution < 1.29 is 13.3 Å². The molecule has 7 heteroatoms. The van der Waals surface area contributed by atoms with Crippen LogP contribution >= 0.6 is 0 Å². The van der Waals surface area contributed by atoms with Crippen LogP contribution < -0.4 is 0 Å². The molecule has 1 rings (SSSR count). The summed E-state index contributed by atoms with van der Waals surface area (Å²) in [7, 11) is -3.65. The van der Waals surface area contributed by atoms with Gasteiger partial charge in [-0.3, -0.25) is 10.1 Å². The summed E-state index contributed by atoms with van der Waals surface area (Å²) < 4.78 is 27.0. The lowest BCUT2D eigenvalue weighted by molar-refractivity contribution is -0.385. The van der Waals surface area contributed by atoms with Crippen LogP contribution in [0.2, 0.25) is 0 Å². The molecule has 0 aliphatic carbocycles. The maximum absolute atomic E-state index is 12.8. The number of sulfonamides is 1. The Morgan fingerprint density at radius 3 is 2.00 bits per heavy atom. The van der Waals surface area contributed by atoms with E-state index in [1.165, 1.54) is 22.5 Å². The van der Waals surface area contributed by atoms with Gasteiger partial charge in [-0.1, -0.05) is 27.7 Å². The topological polar surface area (TPSA) is 80.5 Å². The molecule has 22 heavy (non-hydrogen) atoms. The van der Waals surface area contributed by atoms with Crippen LogP contribution in [0.4, 0.5) is 5.69 Å². The minimum atomic E-state index is -3.65. The minimum Gasteiger partial charge on any atom is -0.258 e. The predicted octanol–water partition coefficient (Wildman–Crippen LogP) is 3.21. The normalized spacial score (nSPS) is 12.4. The van der Waals surface area contributed by atoms with Crippen LogP contribution in [0.3, 0.4) is 0 Å². The van der Waals surface area contributed by atoms with Gasteiger partial charge in [-0.2, -0.15) is 4.31 Å². The fraction of sp³-hybridized carbons (Fsp3) is 0.600. The Morgan fingerprint density at radius 2 is 1.64 bits per heavy atom. The highest BCUT2D eigenvalue weighted by Crippen LogP contribution is 2.24. The first-order valence-corrected chi connectivity index (χ1v) is 8.75. The van der Waals surface area contributed by atoms with Gasteiger partial charge in [0, 0.05) is 24.7 Å². The van der Waals surface area contributed by atoms with Gasteiger partial charge in [-0.25, -0.2) is 8.42 Å². The molecule has 6 nitrogen and oxygen atoms in total. The first-order chi connectivity index (χ1) is 10.1. The zero-order valence-electron chi connectivity index (χ0n) is 13.7. The van der Waals surface area contributed by atoms with Crippen LogP contribution in [-0.4, -0.2) is 30.7 Å². The molecule has 0 amide bonds. The van der Waals surface area contributed by atoms with Crippen molar-refractivity contribution in [1.82, 2.24) is 4.31 Å². The fourth-order valence-electron chi connectivity index (χ4n) is 2.23. The van der Waals surface area contributed by atoms with Crippen molar-refractivity contribution in [2.24, 2.45) is 11.8 Å². The van der Waals surface area contributed by atoms with Gasteiger partial charge in [0.25, 0.3) is 5.69 Å². The molecule has 0 heterocycles. The van der Waals surface area contributed by atoms with E-state index in [-0.39, 0.29) is 22.4 Å². The van der Waals surface area contributed by atoms with Gasteiger partial charge in [0.2, 0.25) is 10.0 Å². The molecule has 0 N–H and O–H groups in total. The van der Waals surface area contributed by atoms with E-state index in [4.69, 9.17) is 0 Å². The number of nitro groups is 1. The molecule has 0 unspecified atom stereocenters. The van der Waals surface area contributed by atoms with Gasteiger partial charge >= 0.3 is 0 Å². The third kappa shape index (κ3) is 4.51. The summed E-state index contributed by atoms with van der Waals surface area (Å²) in [5.41, 5.74) is 0.276. The lowest BCUT2D eigenvalue weighted by Crippen LogP contribution is -2.37. The molecule has 124 valence electrons. The van der Waals surface area contributed by atoms with E-state index in [1.807, 2.05) is 27.7 Å².